The third-order valence-corrected chi connectivity index (χ3v) is 3.57. The Morgan fingerprint density at radius 3 is 2.79 bits per heavy atom. The molecular formula is C12H9BrClN3O2. The molecule has 1 aromatic heterocycles. The topological polar surface area (TPSA) is 88.2 Å². The molecule has 0 aliphatic heterocycles. The predicted octanol–water partition coefficient (Wildman–Crippen LogP) is 3.52. The maximum absolute atomic E-state index is 11.0. The molecule has 0 bridgehead atoms. The first-order valence-electron chi connectivity index (χ1n) is 5.18. The van der Waals surface area contributed by atoms with Crippen molar-refractivity contribution in [1.82, 2.24) is 4.98 Å². The number of nitrogens with two attached hydrogens (primary N) is 1. The van der Waals surface area contributed by atoms with Gasteiger partial charge in [-0.1, -0.05) is 11.6 Å². The molecule has 0 unspecified atom stereocenters. The fourth-order valence-corrected chi connectivity index (χ4v) is 1.94. The van der Waals surface area contributed by atoms with E-state index in [1.807, 2.05) is 0 Å². The van der Waals surface area contributed by atoms with Crippen LogP contribution in [0.25, 0.3) is 0 Å². The van der Waals surface area contributed by atoms with Crippen molar-refractivity contribution in [2.24, 2.45) is 0 Å². The van der Waals surface area contributed by atoms with Gasteiger partial charge in [0.25, 0.3) is 0 Å². The molecule has 98 valence electrons. The van der Waals surface area contributed by atoms with Crippen molar-refractivity contribution in [3.05, 3.63) is 45.5 Å². The lowest BCUT2D eigenvalue weighted by Crippen LogP contribution is -2.05. The number of carbonyl (C=O) groups is 1. The van der Waals surface area contributed by atoms with E-state index in [0.29, 0.717) is 10.8 Å². The van der Waals surface area contributed by atoms with Gasteiger partial charge in [-0.15, -0.1) is 0 Å². The van der Waals surface area contributed by atoms with E-state index in [1.165, 1.54) is 12.3 Å². The molecule has 5 nitrogen and oxygen atoms in total. The van der Waals surface area contributed by atoms with Crippen molar-refractivity contribution in [2.45, 2.75) is 0 Å². The summed E-state index contributed by atoms with van der Waals surface area (Å²) in [5.41, 5.74) is 6.38. The molecule has 0 fully saturated rings. The lowest BCUT2D eigenvalue weighted by molar-refractivity contribution is 0.0698. The first-order valence-corrected chi connectivity index (χ1v) is 6.35. The van der Waals surface area contributed by atoms with Crippen LogP contribution in [0.1, 0.15) is 10.4 Å². The normalized spacial score (nSPS) is 10.2. The van der Waals surface area contributed by atoms with Crippen LogP contribution in [0, 0.1) is 0 Å². The summed E-state index contributed by atoms with van der Waals surface area (Å²) in [6.45, 7) is 0. The number of halogens is 2. The minimum atomic E-state index is -1.10. The molecule has 1 heterocycles. The van der Waals surface area contributed by atoms with Crippen molar-refractivity contribution < 1.29 is 9.90 Å². The second-order valence-electron chi connectivity index (χ2n) is 3.72. The molecule has 7 heteroatoms. The number of aromatic nitrogens is 1. The zero-order valence-electron chi connectivity index (χ0n) is 9.52. The fourth-order valence-electron chi connectivity index (χ4n) is 1.44. The number of benzene rings is 1. The molecule has 1 aromatic carbocycles. The Morgan fingerprint density at radius 2 is 2.16 bits per heavy atom. The highest BCUT2D eigenvalue weighted by atomic mass is 79.9. The second kappa shape index (κ2) is 5.46. The van der Waals surface area contributed by atoms with Crippen LogP contribution in [0.3, 0.4) is 0 Å². The third-order valence-electron chi connectivity index (χ3n) is 2.36. The fraction of sp³-hybridized carbons (Fsp3) is 0. The molecule has 0 atom stereocenters. The van der Waals surface area contributed by atoms with Crippen LogP contribution >= 0.6 is 27.5 Å². The van der Waals surface area contributed by atoms with Crippen molar-refractivity contribution in [2.75, 3.05) is 11.1 Å². The van der Waals surface area contributed by atoms with E-state index in [0.717, 1.165) is 10.2 Å². The number of hydrogen-bond acceptors (Lipinski definition) is 4. The van der Waals surface area contributed by atoms with Crippen LogP contribution in [-0.2, 0) is 0 Å². The quantitative estimate of drug-likeness (QED) is 0.794. The van der Waals surface area contributed by atoms with Crippen molar-refractivity contribution in [1.29, 1.82) is 0 Å². The molecule has 2 aromatic rings. The minimum absolute atomic E-state index is 0.00512. The van der Waals surface area contributed by atoms with Crippen LogP contribution in [0.5, 0.6) is 0 Å². The van der Waals surface area contributed by atoms with E-state index >= 15 is 0 Å². The van der Waals surface area contributed by atoms with E-state index in [2.05, 4.69) is 26.2 Å². The van der Waals surface area contributed by atoms with Gasteiger partial charge in [-0.05, 0) is 40.2 Å². The van der Waals surface area contributed by atoms with Gasteiger partial charge in [0.15, 0.2) is 0 Å². The van der Waals surface area contributed by atoms with Gasteiger partial charge in [0.2, 0.25) is 0 Å². The predicted molar refractivity (Wildman–Crippen MR) is 78.0 cm³/mol. The number of rotatable bonds is 3. The molecule has 0 radical (unpaired) electrons. The Kier molecular flexibility index (Phi) is 3.92. The number of hydrogen-bond donors (Lipinski definition) is 3. The Morgan fingerprint density at radius 1 is 1.42 bits per heavy atom. The summed E-state index contributed by atoms with van der Waals surface area (Å²) in [6, 6.07) is 6.61. The number of nitrogens with one attached hydrogen (secondary N) is 1. The van der Waals surface area contributed by atoms with Gasteiger partial charge in [-0.2, -0.15) is 0 Å². The zero-order valence-corrected chi connectivity index (χ0v) is 11.9. The maximum Gasteiger partial charge on any atom is 0.337 e. The number of nitrogens with zero attached hydrogens (tertiary/aromatic N) is 1. The molecule has 0 amide bonds. The molecule has 4 N–H and O–H groups in total. The minimum Gasteiger partial charge on any atom is -0.478 e. The molecule has 19 heavy (non-hydrogen) atoms. The van der Waals surface area contributed by atoms with E-state index in [4.69, 9.17) is 22.4 Å². The van der Waals surface area contributed by atoms with E-state index in [9.17, 15) is 4.79 Å². The summed E-state index contributed by atoms with van der Waals surface area (Å²) in [6.07, 6.45) is 1.30. The molecule has 0 aliphatic rings. The molecule has 0 saturated carbocycles. The van der Waals surface area contributed by atoms with Crippen molar-refractivity contribution in [3.63, 3.8) is 0 Å². The molecule has 0 spiro atoms. The van der Waals surface area contributed by atoms with Gasteiger partial charge >= 0.3 is 5.97 Å². The number of anilines is 3. The zero-order chi connectivity index (χ0) is 14.0. The lowest BCUT2D eigenvalue weighted by atomic mass is 10.2. The summed E-state index contributed by atoms with van der Waals surface area (Å²) < 4.78 is 0.730. The number of nitrogen functional groups attached to an aromatic ring is 1. The second-order valence-corrected chi connectivity index (χ2v) is 4.98. The Labute approximate surface area is 122 Å². The molecule has 0 saturated heterocycles. The van der Waals surface area contributed by atoms with Gasteiger partial charge in [0.1, 0.15) is 5.82 Å². The average molecular weight is 343 g/mol. The summed E-state index contributed by atoms with van der Waals surface area (Å²) in [7, 11) is 0. The molecular weight excluding hydrogens is 334 g/mol. The number of pyridine rings is 1. The highest BCUT2D eigenvalue weighted by Crippen LogP contribution is 2.27. The summed E-state index contributed by atoms with van der Waals surface area (Å²) >= 11 is 9.19. The Balaban J connectivity index is 2.30. The van der Waals surface area contributed by atoms with Crippen molar-refractivity contribution >= 4 is 50.7 Å². The Hall–Kier alpha value is -1.79. The standard InChI is InChI=1S/C12H9BrClN3O2/c13-8-3-6(1-2-9(8)14)17-11-4-7(12(18)19)10(15)5-16-11/h1-5H,15H2,(H,16,17)(H,18,19). The largest absolute Gasteiger partial charge is 0.478 e. The van der Waals surface area contributed by atoms with Gasteiger partial charge in [-0.3, -0.25) is 0 Å². The number of carboxylic acid groups (broad SMARTS) is 1. The van der Waals surface area contributed by atoms with Crippen molar-refractivity contribution in [3.8, 4) is 0 Å². The van der Waals surface area contributed by atoms with Crippen LogP contribution in [-0.4, -0.2) is 16.1 Å². The average Bonchev–Trinajstić information content (AvgIpc) is 2.36. The summed E-state index contributed by atoms with van der Waals surface area (Å²) in [5.74, 6) is -0.707. The maximum atomic E-state index is 11.0. The van der Waals surface area contributed by atoms with E-state index in [-0.39, 0.29) is 11.3 Å². The van der Waals surface area contributed by atoms with Gasteiger partial charge in [0, 0.05) is 10.2 Å². The first kappa shape index (κ1) is 13.6. The summed E-state index contributed by atoms with van der Waals surface area (Å²) in [4.78, 5) is 15.0. The molecule has 2 rings (SSSR count). The smallest absolute Gasteiger partial charge is 0.337 e. The van der Waals surface area contributed by atoms with Crippen LogP contribution in [0.2, 0.25) is 5.02 Å². The van der Waals surface area contributed by atoms with Crippen LogP contribution in [0.4, 0.5) is 17.2 Å². The monoisotopic (exact) mass is 341 g/mol. The highest BCUT2D eigenvalue weighted by Gasteiger charge is 2.10. The third kappa shape index (κ3) is 3.15. The highest BCUT2D eigenvalue weighted by molar-refractivity contribution is 9.10. The SMILES string of the molecule is Nc1cnc(Nc2ccc(Cl)c(Br)c2)cc1C(=O)O. The van der Waals surface area contributed by atoms with E-state index in [1.54, 1.807) is 18.2 Å². The molecule has 0 aliphatic carbocycles. The first-order chi connectivity index (χ1) is 8.97. The van der Waals surface area contributed by atoms with E-state index < -0.39 is 5.97 Å². The number of carboxylic acids is 1. The summed E-state index contributed by atoms with van der Waals surface area (Å²) in [5, 5.41) is 12.5. The van der Waals surface area contributed by atoms with Gasteiger partial charge in [-0.25, -0.2) is 9.78 Å². The Bertz CT molecular complexity index is 649. The lowest BCUT2D eigenvalue weighted by Gasteiger charge is -2.08. The van der Waals surface area contributed by atoms with Crippen LogP contribution < -0.4 is 11.1 Å². The van der Waals surface area contributed by atoms with Crippen LogP contribution in [0.15, 0.2) is 34.9 Å². The number of aromatic carboxylic acids is 1. The van der Waals surface area contributed by atoms with Gasteiger partial charge < -0.3 is 16.2 Å². The van der Waals surface area contributed by atoms with Gasteiger partial charge in [0.05, 0.1) is 22.5 Å².